The Morgan fingerprint density at radius 1 is 1.53 bits per heavy atom. The number of pyridine rings is 1. The van der Waals surface area contributed by atoms with E-state index in [0.717, 1.165) is 30.8 Å². The monoisotopic (exact) mass is 572 g/mol. The van der Waals surface area contributed by atoms with Gasteiger partial charge in [-0.05, 0) is 25.5 Å². The van der Waals surface area contributed by atoms with Gasteiger partial charge in [-0.2, -0.15) is 0 Å². The van der Waals surface area contributed by atoms with Crippen LogP contribution in [0.15, 0.2) is 12.3 Å². The van der Waals surface area contributed by atoms with Crippen LogP contribution in [0.3, 0.4) is 0 Å². The molecule has 6 heteroatoms. The summed E-state index contributed by atoms with van der Waals surface area (Å²) in [7, 11) is 5.54. The molecule has 0 unspecified atom stereocenters. The van der Waals surface area contributed by atoms with E-state index in [0.29, 0.717) is 5.56 Å². The van der Waals surface area contributed by atoms with Gasteiger partial charge in [-0.3, -0.25) is 16.8 Å². The van der Waals surface area contributed by atoms with E-state index >= 15 is 0 Å². The number of hydrogen-bond acceptors (Lipinski definition) is 3. The first-order chi connectivity index (χ1) is 7.22. The molecule has 0 aliphatic carbocycles. The second-order valence-corrected chi connectivity index (χ2v) is 3.64. The van der Waals surface area contributed by atoms with Crippen molar-refractivity contribution in [3.05, 3.63) is 30.6 Å². The molecule has 0 radical (unpaired) electrons. The zero-order chi connectivity index (χ0) is 10.8. The summed E-state index contributed by atoms with van der Waals surface area (Å²) in [6.07, 6.45) is 3.66. The van der Waals surface area contributed by atoms with Crippen LogP contribution in [0.1, 0.15) is 22.5 Å². The van der Waals surface area contributed by atoms with E-state index in [-0.39, 0.29) is 48.0 Å². The van der Waals surface area contributed by atoms with E-state index in [1.54, 1.807) is 13.2 Å². The molecule has 4 nitrogen and oxygen atoms in total. The van der Waals surface area contributed by atoms with Gasteiger partial charge in [0.25, 0.3) is 5.91 Å². The summed E-state index contributed by atoms with van der Waals surface area (Å²) in [5, 5.41) is 2.59. The number of nitrogens with zero attached hydrogens (tertiary/aromatic N) is 2. The quantitative estimate of drug-likeness (QED) is 0.512. The van der Waals surface area contributed by atoms with Crippen LogP contribution >= 0.6 is 0 Å². The van der Waals surface area contributed by atoms with Gasteiger partial charge < -0.3 is 10.2 Å². The molecule has 1 aromatic rings. The third-order valence-electron chi connectivity index (χ3n) is 2.62. The van der Waals surface area contributed by atoms with Crippen LogP contribution in [0.5, 0.6) is 0 Å². The van der Waals surface area contributed by atoms with Crippen LogP contribution in [0, 0.1) is 7.05 Å². The summed E-state index contributed by atoms with van der Waals surface area (Å²) in [6, 6.07) is 1.85. The van der Waals surface area contributed by atoms with Crippen molar-refractivity contribution in [1.29, 1.82) is 0 Å². The Balaban J connectivity index is 0.00000128. The zero-order valence-electron chi connectivity index (χ0n) is 9.60. The van der Waals surface area contributed by atoms with Crippen LogP contribution in [0.4, 0.5) is 5.69 Å². The maximum absolute atomic E-state index is 11.4. The second kappa shape index (κ2) is 7.28. The molecule has 92 valence electrons. The molecule has 0 saturated carbocycles. The molecule has 1 aliphatic rings. The predicted molar refractivity (Wildman–Crippen MR) is 58.7 cm³/mol. The molecule has 1 N–H and O–H groups in total. The van der Waals surface area contributed by atoms with E-state index in [4.69, 9.17) is 0 Å². The van der Waals surface area contributed by atoms with Crippen molar-refractivity contribution in [2.45, 2.75) is 12.8 Å². The molecule has 2 rings (SSSR count). The zero-order valence-corrected chi connectivity index (χ0v) is 15.5. The molecular formula is C11H14N3OW2-. The number of aromatic nitrogens is 1. The van der Waals surface area contributed by atoms with Gasteiger partial charge in [-0.1, -0.05) is 0 Å². The molecule has 0 saturated heterocycles. The Bertz CT molecular complexity index is 398. The average Bonchev–Trinajstić information content (AvgIpc) is 2.28. The molecule has 1 amide bonds. The minimum Gasteiger partial charge on any atom is -0.524 e. The minimum absolute atomic E-state index is 0. The molecule has 0 fully saturated rings. The van der Waals surface area contributed by atoms with E-state index < -0.39 is 0 Å². The Labute approximate surface area is 130 Å². The first-order valence-electron chi connectivity index (χ1n) is 5.01. The standard InChI is InChI=1S/C11H14N3O.2W/c1-12-11(15)8-6-10-9(13-7-8)4-3-5-14(10)2;;/h6-7H,2-5H2,1H3,(H,12,15);;/q-1;;. The largest absolute Gasteiger partial charge is 0.524 e. The SMILES string of the molecule is [CH2-]N1CCCc2ncc(C(=O)NC)cc21.[W].[W]. The summed E-state index contributed by atoms with van der Waals surface area (Å²) in [4.78, 5) is 17.6. The Morgan fingerprint density at radius 2 is 2.24 bits per heavy atom. The number of amides is 1. The average molecular weight is 572 g/mol. The minimum atomic E-state index is -0.107. The number of aryl methyl sites for hydroxylation is 1. The van der Waals surface area contributed by atoms with Crippen molar-refractivity contribution in [1.82, 2.24) is 10.3 Å². The number of carbonyl (C=O) groups excluding carboxylic acids is 1. The third kappa shape index (κ3) is 3.63. The van der Waals surface area contributed by atoms with Gasteiger partial charge in [-0.15, -0.1) is 0 Å². The van der Waals surface area contributed by atoms with Gasteiger partial charge in [0.1, 0.15) is 0 Å². The summed E-state index contributed by atoms with van der Waals surface area (Å²) in [5.41, 5.74) is 2.60. The van der Waals surface area contributed by atoms with Crippen molar-refractivity contribution < 1.29 is 46.9 Å². The summed E-state index contributed by atoms with van der Waals surface area (Å²) in [5.74, 6) is -0.107. The molecule has 0 bridgehead atoms. The van der Waals surface area contributed by atoms with Gasteiger partial charge in [0.05, 0.1) is 11.3 Å². The van der Waals surface area contributed by atoms with Crippen LogP contribution in [0.2, 0.25) is 0 Å². The Kier molecular flexibility index (Phi) is 7.19. The number of rotatable bonds is 1. The molecule has 0 spiro atoms. The van der Waals surface area contributed by atoms with E-state index in [1.807, 2.05) is 11.0 Å². The number of anilines is 1. The summed E-state index contributed by atoms with van der Waals surface area (Å²) < 4.78 is 0. The molecule has 0 aromatic carbocycles. The van der Waals surface area contributed by atoms with Crippen molar-refractivity contribution in [2.24, 2.45) is 0 Å². The van der Waals surface area contributed by atoms with Crippen molar-refractivity contribution in [2.75, 3.05) is 18.5 Å². The molecule has 1 aromatic heterocycles. The number of nitrogens with one attached hydrogen (secondary N) is 1. The van der Waals surface area contributed by atoms with Crippen molar-refractivity contribution >= 4 is 11.6 Å². The molecule has 1 aliphatic heterocycles. The normalized spacial score (nSPS) is 12.9. The molecule has 0 atom stereocenters. The maximum atomic E-state index is 11.4. The van der Waals surface area contributed by atoms with E-state index in [9.17, 15) is 4.79 Å². The smallest absolute Gasteiger partial charge is 0.252 e. The van der Waals surface area contributed by atoms with Gasteiger partial charge in [0, 0.05) is 61.1 Å². The first kappa shape index (κ1) is 16.8. The fourth-order valence-corrected chi connectivity index (χ4v) is 1.77. The number of carbonyl (C=O) groups is 1. The fraction of sp³-hybridized carbons (Fsp3) is 0.364. The number of hydrogen-bond donors (Lipinski definition) is 1. The molecule has 17 heavy (non-hydrogen) atoms. The maximum Gasteiger partial charge on any atom is 0.252 e. The van der Waals surface area contributed by atoms with Gasteiger partial charge in [0.15, 0.2) is 0 Å². The van der Waals surface area contributed by atoms with Crippen molar-refractivity contribution in [3.63, 3.8) is 0 Å². The Hall–Kier alpha value is -0.203. The van der Waals surface area contributed by atoms with Crippen LogP contribution in [0.25, 0.3) is 0 Å². The van der Waals surface area contributed by atoms with Gasteiger partial charge >= 0.3 is 0 Å². The molecular weight excluding hydrogens is 558 g/mol. The van der Waals surface area contributed by atoms with E-state index in [1.165, 1.54) is 0 Å². The topological polar surface area (TPSA) is 45.2 Å². The summed E-state index contributed by atoms with van der Waals surface area (Å²) >= 11 is 0. The van der Waals surface area contributed by atoms with Gasteiger partial charge in [0.2, 0.25) is 0 Å². The van der Waals surface area contributed by atoms with Crippen LogP contribution in [-0.2, 0) is 48.6 Å². The second-order valence-electron chi connectivity index (χ2n) is 3.64. The van der Waals surface area contributed by atoms with Crippen LogP contribution in [-0.4, -0.2) is 24.5 Å². The number of fused-ring (bicyclic) bond motifs is 1. The van der Waals surface area contributed by atoms with Gasteiger partial charge in [-0.25, -0.2) is 0 Å². The first-order valence-corrected chi connectivity index (χ1v) is 5.01. The third-order valence-corrected chi connectivity index (χ3v) is 2.62. The predicted octanol–water partition coefficient (Wildman–Crippen LogP) is 0.980. The Morgan fingerprint density at radius 3 is 2.88 bits per heavy atom. The molecule has 2 heterocycles. The van der Waals surface area contributed by atoms with Crippen LogP contribution < -0.4 is 10.2 Å². The fourth-order valence-electron chi connectivity index (χ4n) is 1.77. The summed E-state index contributed by atoms with van der Waals surface area (Å²) in [6.45, 7) is 0.922. The van der Waals surface area contributed by atoms with Crippen molar-refractivity contribution in [3.8, 4) is 0 Å². The van der Waals surface area contributed by atoms with E-state index in [2.05, 4.69) is 17.3 Å².